The van der Waals surface area contributed by atoms with E-state index in [1.807, 2.05) is 6.92 Å². The van der Waals surface area contributed by atoms with Crippen molar-refractivity contribution in [2.75, 3.05) is 13.1 Å². The van der Waals surface area contributed by atoms with Crippen LogP contribution in [0.25, 0.3) is 0 Å². The van der Waals surface area contributed by atoms with Crippen molar-refractivity contribution in [2.24, 2.45) is 4.99 Å². The summed E-state index contributed by atoms with van der Waals surface area (Å²) in [6.45, 7) is 2.55. The van der Waals surface area contributed by atoms with E-state index in [1.165, 1.54) is 30.3 Å². The molecular formula is C19H21F4N3O. The zero-order valence-corrected chi connectivity index (χ0v) is 14.7. The van der Waals surface area contributed by atoms with Gasteiger partial charge in [0.2, 0.25) is 0 Å². The molecule has 0 amide bonds. The van der Waals surface area contributed by atoms with Gasteiger partial charge in [-0.05, 0) is 42.3 Å². The molecule has 0 bridgehead atoms. The van der Waals surface area contributed by atoms with E-state index in [0.29, 0.717) is 23.6 Å². The van der Waals surface area contributed by atoms with Gasteiger partial charge in [0.05, 0.1) is 18.2 Å². The minimum Gasteiger partial charge on any atom is -0.387 e. The van der Waals surface area contributed by atoms with Crippen LogP contribution in [0.5, 0.6) is 0 Å². The van der Waals surface area contributed by atoms with Crippen LogP contribution in [0.3, 0.4) is 0 Å². The van der Waals surface area contributed by atoms with E-state index in [4.69, 9.17) is 0 Å². The monoisotopic (exact) mass is 383 g/mol. The molecule has 27 heavy (non-hydrogen) atoms. The Labute approximate surface area is 154 Å². The molecule has 0 aliphatic heterocycles. The minimum absolute atomic E-state index is 0.0475. The van der Waals surface area contributed by atoms with Crippen molar-refractivity contribution in [3.8, 4) is 0 Å². The van der Waals surface area contributed by atoms with Gasteiger partial charge in [0, 0.05) is 13.1 Å². The molecule has 0 heterocycles. The first kappa shape index (κ1) is 20.7. The second-order valence-electron chi connectivity index (χ2n) is 5.84. The van der Waals surface area contributed by atoms with Gasteiger partial charge in [0.15, 0.2) is 5.96 Å². The number of aliphatic hydroxyl groups is 1. The van der Waals surface area contributed by atoms with Crippen molar-refractivity contribution < 1.29 is 22.7 Å². The topological polar surface area (TPSA) is 56.7 Å². The molecule has 0 radical (unpaired) electrons. The fraction of sp³-hybridized carbons (Fsp3) is 0.316. The third kappa shape index (κ3) is 6.56. The summed E-state index contributed by atoms with van der Waals surface area (Å²) in [4.78, 5) is 4.24. The molecule has 0 aromatic heterocycles. The van der Waals surface area contributed by atoms with Crippen molar-refractivity contribution >= 4 is 5.96 Å². The van der Waals surface area contributed by atoms with Gasteiger partial charge < -0.3 is 15.7 Å². The molecule has 2 rings (SSSR count). The van der Waals surface area contributed by atoms with E-state index in [1.54, 1.807) is 6.07 Å². The lowest BCUT2D eigenvalue weighted by Gasteiger charge is -2.15. The van der Waals surface area contributed by atoms with Gasteiger partial charge in [-0.2, -0.15) is 13.2 Å². The van der Waals surface area contributed by atoms with Crippen LogP contribution in [0.2, 0.25) is 0 Å². The Morgan fingerprint density at radius 1 is 1.11 bits per heavy atom. The van der Waals surface area contributed by atoms with E-state index >= 15 is 0 Å². The predicted molar refractivity (Wildman–Crippen MR) is 95.6 cm³/mol. The smallest absolute Gasteiger partial charge is 0.387 e. The highest BCUT2D eigenvalue weighted by Crippen LogP contribution is 2.29. The zero-order valence-electron chi connectivity index (χ0n) is 14.7. The van der Waals surface area contributed by atoms with Gasteiger partial charge in [-0.25, -0.2) is 9.38 Å². The summed E-state index contributed by atoms with van der Waals surface area (Å²) in [5.74, 6) is -0.0361. The molecule has 0 aliphatic carbocycles. The van der Waals surface area contributed by atoms with Crippen LogP contribution < -0.4 is 10.6 Å². The molecule has 0 fully saturated rings. The lowest BCUT2D eigenvalue weighted by atomic mass is 10.1. The van der Waals surface area contributed by atoms with Crippen molar-refractivity contribution in [1.29, 1.82) is 0 Å². The van der Waals surface area contributed by atoms with Crippen molar-refractivity contribution in [1.82, 2.24) is 10.6 Å². The van der Waals surface area contributed by atoms with Crippen LogP contribution in [0.1, 0.15) is 29.7 Å². The molecular weight excluding hydrogens is 362 g/mol. The Hall–Kier alpha value is -2.61. The number of aliphatic imine (C=N–C) groups is 1. The second kappa shape index (κ2) is 9.36. The third-order valence-electron chi connectivity index (χ3n) is 3.74. The first-order chi connectivity index (χ1) is 12.8. The molecule has 2 aromatic carbocycles. The number of rotatable bonds is 6. The molecule has 0 saturated carbocycles. The quantitative estimate of drug-likeness (QED) is 0.406. The largest absolute Gasteiger partial charge is 0.416 e. The number of guanidine groups is 1. The van der Waals surface area contributed by atoms with Crippen LogP contribution in [0.15, 0.2) is 53.5 Å². The molecule has 3 N–H and O–H groups in total. The summed E-state index contributed by atoms with van der Waals surface area (Å²) in [7, 11) is 0. The Morgan fingerprint density at radius 2 is 1.81 bits per heavy atom. The lowest BCUT2D eigenvalue weighted by molar-refractivity contribution is -0.137. The first-order valence-electron chi connectivity index (χ1n) is 8.41. The van der Waals surface area contributed by atoms with Gasteiger partial charge in [-0.15, -0.1) is 0 Å². The molecule has 0 aliphatic rings. The number of nitrogens with zero attached hydrogens (tertiary/aromatic N) is 1. The summed E-state index contributed by atoms with van der Waals surface area (Å²) in [5, 5.41) is 16.0. The van der Waals surface area contributed by atoms with Crippen molar-refractivity contribution in [3.63, 3.8) is 0 Å². The molecule has 0 saturated heterocycles. The van der Waals surface area contributed by atoms with Gasteiger partial charge in [-0.1, -0.05) is 24.3 Å². The Balaban J connectivity index is 2.00. The first-order valence-corrected chi connectivity index (χ1v) is 8.41. The maximum Gasteiger partial charge on any atom is 0.416 e. The number of alkyl halides is 3. The number of nitrogens with one attached hydrogen (secondary N) is 2. The molecule has 146 valence electrons. The van der Waals surface area contributed by atoms with Crippen LogP contribution >= 0.6 is 0 Å². The summed E-state index contributed by atoms with van der Waals surface area (Å²) < 4.78 is 51.2. The fourth-order valence-corrected chi connectivity index (χ4v) is 2.35. The Bertz CT molecular complexity index is 760. The van der Waals surface area contributed by atoms with E-state index < -0.39 is 23.7 Å². The average Bonchev–Trinajstić information content (AvgIpc) is 2.64. The second-order valence-corrected chi connectivity index (χ2v) is 5.84. The fourth-order valence-electron chi connectivity index (χ4n) is 2.35. The number of hydrogen-bond donors (Lipinski definition) is 3. The molecule has 1 unspecified atom stereocenters. The average molecular weight is 383 g/mol. The van der Waals surface area contributed by atoms with Crippen LogP contribution in [-0.4, -0.2) is 24.2 Å². The highest BCUT2D eigenvalue weighted by molar-refractivity contribution is 5.79. The molecule has 4 nitrogen and oxygen atoms in total. The number of aliphatic hydroxyl groups excluding tert-OH is 1. The van der Waals surface area contributed by atoms with Crippen molar-refractivity contribution in [3.05, 3.63) is 71.0 Å². The van der Waals surface area contributed by atoms with Crippen LogP contribution in [0.4, 0.5) is 17.6 Å². The van der Waals surface area contributed by atoms with E-state index in [2.05, 4.69) is 15.6 Å². The maximum atomic E-state index is 12.9. The summed E-state index contributed by atoms with van der Waals surface area (Å²) in [6.07, 6.45) is -5.29. The zero-order chi connectivity index (χ0) is 19.9. The Morgan fingerprint density at radius 3 is 2.44 bits per heavy atom. The van der Waals surface area contributed by atoms with E-state index in [-0.39, 0.29) is 13.1 Å². The summed E-state index contributed by atoms with van der Waals surface area (Å²) in [5.41, 5.74) is 0.235. The van der Waals surface area contributed by atoms with Crippen LogP contribution in [0, 0.1) is 5.82 Å². The summed E-state index contributed by atoms with van der Waals surface area (Å²) in [6, 6.07) is 10.4. The predicted octanol–water partition coefficient (Wildman–Crippen LogP) is 3.63. The van der Waals surface area contributed by atoms with Gasteiger partial charge in [0.1, 0.15) is 5.82 Å². The van der Waals surface area contributed by atoms with Crippen LogP contribution in [-0.2, 0) is 12.7 Å². The Kier molecular flexibility index (Phi) is 7.18. The molecule has 1 atom stereocenters. The number of hydrogen-bond acceptors (Lipinski definition) is 2. The highest BCUT2D eigenvalue weighted by Gasteiger charge is 2.30. The molecule has 2 aromatic rings. The van der Waals surface area contributed by atoms with E-state index in [9.17, 15) is 22.7 Å². The third-order valence-corrected chi connectivity index (χ3v) is 3.74. The van der Waals surface area contributed by atoms with Gasteiger partial charge in [0.25, 0.3) is 0 Å². The molecule has 0 spiro atoms. The minimum atomic E-state index is -4.40. The highest BCUT2D eigenvalue weighted by atomic mass is 19.4. The standard InChI is InChI=1S/C19H21F4N3O/c1-2-24-18(26-12-17(27)14-6-8-16(20)9-7-14)25-11-13-4-3-5-15(10-13)19(21,22)23/h3-10,17,27H,2,11-12H2,1H3,(H2,24,25,26). The molecule has 8 heteroatoms. The summed E-state index contributed by atoms with van der Waals surface area (Å²) >= 11 is 0. The lowest BCUT2D eigenvalue weighted by Crippen LogP contribution is -2.39. The number of halogens is 4. The normalized spacial score (nSPS) is 13.3. The van der Waals surface area contributed by atoms with E-state index in [0.717, 1.165) is 12.1 Å². The van der Waals surface area contributed by atoms with Gasteiger partial charge >= 0.3 is 6.18 Å². The van der Waals surface area contributed by atoms with Gasteiger partial charge in [-0.3, -0.25) is 0 Å². The SMILES string of the molecule is CCNC(=NCc1cccc(C(F)(F)F)c1)NCC(O)c1ccc(F)cc1. The maximum absolute atomic E-state index is 12.9. The number of benzene rings is 2. The van der Waals surface area contributed by atoms with Crippen molar-refractivity contribution in [2.45, 2.75) is 25.7 Å².